The maximum atomic E-state index is 13.1. The predicted octanol–water partition coefficient (Wildman–Crippen LogP) is 4.17. The molecule has 1 amide bonds. The number of fused-ring (bicyclic) bond motifs is 2. The van der Waals surface area contributed by atoms with Crippen LogP contribution in [0.1, 0.15) is 35.0 Å². The number of rotatable bonds is 6. The summed E-state index contributed by atoms with van der Waals surface area (Å²) in [5, 5.41) is 3.47. The van der Waals surface area contributed by atoms with Crippen LogP contribution in [0.15, 0.2) is 42.5 Å². The van der Waals surface area contributed by atoms with Crippen molar-refractivity contribution in [2.75, 3.05) is 26.1 Å². The molecule has 3 aromatic rings. The number of hydrogen-bond donors (Lipinski definition) is 1. The smallest absolute Gasteiger partial charge is 0.339 e. The van der Waals surface area contributed by atoms with Crippen LogP contribution in [-0.2, 0) is 22.4 Å². The number of esters is 1. The van der Waals surface area contributed by atoms with Crippen LogP contribution in [0, 0.1) is 5.92 Å². The van der Waals surface area contributed by atoms with E-state index in [-0.39, 0.29) is 0 Å². The third-order valence-electron chi connectivity index (χ3n) is 5.73. The third kappa shape index (κ3) is 4.37. The van der Waals surface area contributed by atoms with Gasteiger partial charge in [0.2, 0.25) is 0 Å². The quantitative estimate of drug-likeness (QED) is 0.586. The van der Waals surface area contributed by atoms with Crippen molar-refractivity contribution in [2.45, 2.75) is 26.2 Å². The number of ether oxygens (including phenoxy) is 3. The second-order valence-corrected chi connectivity index (χ2v) is 7.97. The first-order chi connectivity index (χ1) is 15.5. The van der Waals surface area contributed by atoms with E-state index in [0.717, 1.165) is 41.4 Å². The van der Waals surface area contributed by atoms with Crippen molar-refractivity contribution < 1.29 is 23.8 Å². The van der Waals surface area contributed by atoms with Gasteiger partial charge in [0.1, 0.15) is 11.5 Å². The number of hydrogen-bond acceptors (Lipinski definition) is 6. The highest BCUT2D eigenvalue weighted by Crippen LogP contribution is 2.32. The molecule has 2 aromatic carbocycles. The number of aryl methyl sites for hydroxylation is 1. The molecule has 0 aliphatic heterocycles. The van der Waals surface area contributed by atoms with Crippen LogP contribution in [0.4, 0.5) is 5.69 Å². The largest absolute Gasteiger partial charge is 0.497 e. The molecule has 1 unspecified atom stereocenters. The lowest BCUT2D eigenvalue weighted by molar-refractivity contribution is -0.119. The fourth-order valence-corrected chi connectivity index (χ4v) is 4.09. The maximum Gasteiger partial charge on any atom is 0.339 e. The van der Waals surface area contributed by atoms with E-state index in [2.05, 4.69) is 12.2 Å². The molecule has 0 saturated carbocycles. The van der Waals surface area contributed by atoms with Gasteiger partial charge in [-0.05, 0) is 48.9 Å². The van der Waals surface area contributed by atoms with Crippen LogP contribution >= 0.6 is 0 Å². The Hall–Kier alpha value is -3.61. The van der Waals surface area contributed by atoms with E-state index < -0.39 is 18.5 Å². The Labute approximate surface area is 186 Å². The van der Waals surface area contributed by atoms with Gasteiger partial charge in [-0.3, -0.25) is 9.78 Å². The van der Waals surface area contributed by atoms with Crippen molar-refractivity contribution >= 4 is 28.5 Å². The van der Waals surface area contributed by atoms with Gasteiger partial charge in [0.05, 0.1) is 31.0 Å². The number of carbonyl (C=O) groups is 2. The molecule has 4 rings (SSSR count). The van der Waals surface area contributed by atoms with E-state index in [4.69, 9.17) is 19.2 Å². The van der Waals surface area contributed by atoms with Crippen LogP contribution in [-0.4, -0.2) is 37.7 Å². The maximum absolute atomic E-state index is 13.1. The Morgan fingerprint density at radius 2 is 1.94 bits per heavy atom. The van der Waals surface area contributed by atoms with E-state index in [0.29, 0.717) is 28.7 Å². The highest BCUT2D eigenvalue weighted by atomic mass is 16.5. The zero-order chi connectivity index (χ0) is 22.7. The van der Waals surface area contributed by atoms with Crippen molar-refractivity contribution in [3.8, 4) is 11.5 Å². The van der Waals surface area contributed by atoms with Crippen molar-refractivity contribution in [1.29, 1.82) is 0 Å². The second-order valence-electron chi connectivity index (χ2n) is 7.97. The van der Waals surface area contributed by atoms with Crippen LogP contribution in [0.2, 0.25) is 0 Å². The predicted molar refractivity (Wildman–Crippen MR) is 121 cm³/mol. The molecule has 1 aliphatic carbocycles. The number of nitrogens with zero attached hydrogens (tertiary/aromatic N) is 1. The first kappa shape index (κ1) is 21.6. The minimum atomic E-state index is -0.509. The van der Waals surface area contributed by atoms with Gasteiger partial charge >= 0.3 is 5.97 Å². The lowest BCUT2D eigenvalue weighted by Gasteiger charge is -2.24. The van der Waals surface area contributed by atoms with Crippen LogP contribution in [0.3, 0.4) is 0 Å². The van der Waals surface area contributed by atoms with E-state index in [1.165, 1.54) is 7.11 Å². The molecule has 7 nitrogen and oxygen atoms in total. The molecule has 0 saturated heterocycles. The Morgan fingerprint density at radius 3 is 2.72 bits per heavy atom. The molecular weight excluding hydrogens is 408 g/mol. The Bertz CT molecular complexity index is 1170. The molecule has 0 radical (unpaired) electrons. The summed E-state index contributed by atoms with van der Waals surface area (Å²) in [6, 6.07) is 12.6. The van der Waals surface area contributed by atoms with Crippen LogP contribution in [0.25, 0.3) is 10.9 Å². The topological polar surface area (TPSA) is 86.8 Å². The Balaban J connectivity index is 1.54. The average Bonchev–Trinajstić information content (AvgIpc) is 2.81. The van der Waals surface area contributed by atoms with Gasteiger partial charge in [-0.1, -0.05) is 25.1 Å². The summed E-state index contributed by atoms with van der Waals surface area (Å²) in [6.45, 7) is 1.76. The first-order valence-corrected chi connectivity index (χ1v) is 10.6. The SMILES string of the molecule is COc1ccc(NC(=O)COC(=O)c2c3c(nc4ccccc24)CCC(C)C3)c(OC)c1. The van der Waals surface area contributed by atoms with E-state index in [1.807, 2.05) is 24.3 Å². The van der Waals surface area contributed by atoms with Gasteiger partial charge in [0.15, 0.2) is 6.61 Å². The van der Waals surface area contributed by atoms with Gasteiger partial charge in [-0.25, -0.2) is 4.79 Å². The van der Waals surface area contributed by atoms with Crippen molar-refractivity contribution in [2.24, 2.45) is 5.92 Å². The highest BCUT2D eigenvalue weighted by Gasteiger charge is 2.26. The lowest BCUT2D eigenvalue weighted by atomic mass is 9.84. The molecule has 1 aromatic heterocycles. The van der Waals surface area contributed by atoms with E-state index in [1.54, 1.807) is 25.3 Å². The number of nitrogens with one attached hydrogen (secondary N) is 1. The zero-order valence-electron chi connectivity index (χ0n) is 18.4. The molecule has 166 valence electrons. The average molecular weight is 434 g/mol. The van der Waals surface area contributed by atoms with Crippen LogP contribution in [0.5, 0.6) is 11.5 Å². The Kier molecular flexibility index (Phi) is 6.25. The number of amides is 1. The van der Waals surface area contributed by atoms with E-state index >= 15 is 0 Å². The molecular formula is C25H26N2O5. The number of para-hydroxylation sites is 1. The molecule has 0 bridgehead atoms. The number of pyridine rings is 1. The lowest BCUT2D eigenvalue weighted by Crippen LogP contribution is -2.23. The minimum absolute atomic E-state index is 0.408. The molecule has 1 aliphatic rings. The highest BCUT2D eigenvalue weighted by molar-refractivity contribution is 6.06. The number of carbonyl (C=O) groups excluding carboxylic acids is 2. The van der Waals surface area contributed by atoms with Gasteiger partial charge in [-0.15, -0.1) is 0 Å². The standard InChI is InChI=1S/C25H26N2O5/c1-15-8-10-20-18(12-15)24(17-6-4-5-7-19(17)26-20)25(29)32-14-23(28)27-21-11-9-16(30-2)13-22(21)31-3/h4-7,9,11,13,15H,8,10,12,14H2,1-3H3,(H,27,28). The van der Waals surface area contributed by atoms with Crippen molar-refractivity contribution in [3.63, 3.8) is 0 Å². The summed E-state index contributed by atoms with van der Waals surface area (Å²) >= 11 is 0. The van der Waals surface area contributed by atoms with Gasteiger partial charge in [0.25, 0.3) is 5.91 Å². The Morgan fingerprint density at radius 1 is 1.12 bits per heavy atom. The fourth-order valence-electron chi connectivity index (χ4n) is 4.09. The van der Waals surface area contributed by atoms with E-state index in [9.17, 15) is 9.59 Å². The molecule has 1 heterocycles. The normalized spacial score (nSPS) is 15.0. The van der Waals surface area contributed by atoms with Crippen LogP contribution < -0.4 is 14.8 Å². The van der Waals surface area contributed by atoms with Crippen molar-refractivity contribution in [3.05, 3.63) is 59.3 Å². The molecule has 1 N–H and O–H groups in total. The summed E-state index contributed by atoms with van der Waals surface area (Å²) < 4.78 is 15.9. The summed E-state index contributed by atoms with van der Waals surface area (Å²) in [5.74, 6) is 0.554. The zero-order valence-corrected chi connectivity index (χ0v) is 18.4. The van der Waals surface area contributed by atoms with Crippen molar-refractivity contribution in [1.82, 2.24) is 4.98 Å². The number of methoxy groups -OCH3 is 2. The monoisotopic (exact) mass is 434 g/mol. The second kappa shape index (κ2) is 9.26. The summed E-state index contributed by atoms with van der Waals surface area (Å²) in [5.41, 5.74) is 3.63. The number of anilines is 1. The summed E-state index contributed by atoms with van der Waals surface area (Å²) in [7, 11) is 3.05. The molecule has 0 fully saturated rings. The molecule has 1 atom stereocenters. The summed E-state index contributed by atoms with van der Waals surface area (Å²) in [4.78, 5) is 30.4. The van der Waals surface area contributed by atoms with Gasteiger partial charge in [0, 0.05) is 17.1 Å². The third-order valence-corrected chi connectivity index (χ3v) is 5.73. The summed E-state index contributed by atoms with van der Waals surface area (Å²) in [6.07, 6.45) is 2.64. The van der Waals surface area contributed by atoms with Gasteiger partial charge in [-0.2, -0.15) is 0 Å². The molecule has 32 heavy (non-hydrogen) atoms. The fraction of sp³-hybridized carbons (Fsp3) is 0.320. The van der Waals surface area contributed by atoms with Gasteiger partial charge < -0.3 is 19.5 Å². The number of benzene rings is 2. The molecule has 0 spiro atoms. The number of aromatic nitrogens is 1. The first-order valence-electron chi connectivity index (χ1n) is 10.6. The minimum Gasteiger partial charge on any atom is -0.497 e. The molecule has 7 heteroatoms.